The van der Waals surface area contributed by atoms with Gasteiger partial charge in [-0.05, 0) is 6.54 Å². The molecule has 2 nitrogen and oxygen atoms in total. The van der Waals surface area contributed by atoms with Gasteiger partial charge in [-0.3, -0.25) is 4.90 Å². The van der Waals surface area contributed by atoms with Crippen LogP contribution in [0.5, 0.6) is 0 Å². The fraction of sp³-hybridized carbons (Fsp3) is 0.455. The summed E-state index contributed by atoms with van der Waals surface area (Å²) in [5, 5.41) is 0. The molecule has 1 rings (SSSR count). The fourth-order valence-corrected chi connectivity index (χ4v) is 1.54. The molecule has 0 saturated carbocycles. The maximum Gasteiger partial charge on any atom is 0.200 e. The van der Waals surface area contributed by atoms with E-state index in [1.54, 1.807) is 6.92 Å². The first kappa shape index (κ1) is 14.8. The highest BCUT2D eigenvalue weighted by atomic mass is 19.2. The summed E-state index contributed by atoms with van der Waals surface area (Å²) in [5.74, 6) is -9.57. The van der Waals surface area contributed by atoms with Crippen LogP contribution in [0.25, 0.3) is 0 Å². The highest BCUT2D eigenvalue weighted by Crippen LogP contribution is 2.23. The molecule has 0 amide bonds. The maximum atomic E-state index is 13.4. The number of hydrogen-bond donors (Lipinski definition) is 1. The first-order chi connectivity index (χ1) is 8.43. The molecular weight excluding hydrogens is 255 g/mol. The zero-order chi connectivity index (χ0) is 13.9. The van der Waals surface area contributed by atoms with Gasteiger partial charge in [0.15, 0.2) is 23.3 Å². The number of rotatable bonds is 5. The summed E-state index contributed by atoms with van der Waals surface area (Å²) in [5.41, 5.74) is 4.45. The number of halogens is 5. The molecule has 0 fully saturated rings. The summed E-state index contributed by atoms with van der Waals surface area (Å²) >= 11 is 0. The minimum atomic E-state index is -2.14. The van der Waals surface area contributed by atoms with Crippen molar-refractivity contribution in [1.29, 1.82) is 0 Å². The van der Waals surface area contributed by atoms with Crippen molar-refractivity contribution in [1.82, 2.24) is 4.90 Å². The lowest BCUT2D eigenvalue weighted by Crippen LogP contribution is -2.30. The van der Waals surface area contributed by atoms with Gasteiger partial charge in [-0.2, -0.15) is 0 Å². The third-order valence-corrected chi connectivity index (χ3v) is 2.57. The molecule has 102 valence electrons. The van der Waals surface area contributed by atoms with Gasteiger partial charge in [0, 0.05) is 25.2 Å². The van der Waals surface area contributed by atoms with Gasteiger partial charge in [0.05, 0.1) is 0 Å². The Kier molecular flexibility index (Phi) is 5.03. The van der Waals surface area contributed by atoms with Gasteiger partial charge in [0.25, 0.3) is 0 Å². The molecule has 2 N–H and O–H groups in total. The molecule has 0 radical (unpaired) electrons. The monoisotopic (exact) mass is 268 g/mol. The lowest BCUT2D eigenvalue weighted by Gasteiger charge is -2.20. The molecule has 1 aromatic carbocycles. The van der Waals surface area contributed by atoms with Crippen molar-refractivity contribution >= 4 is 0 Å². The van der Waals surface area contributed by atoms with E-state index in [0.717, 1.165) is 0 Å². The number of nitrogens with zero attached hydrogens (tertiary/aromatic N) is 1. The molecule has 0 aromatic heterocycles. The molecule has 0 spiro atoms. The Balaban J connectivity index is 3.16. The smallest absolute Gasteiger partial charge is 0.200 e. The van der Waals surface area contributed by atoms with E-state index in [4.69, 9.17) is 5.73 Å². The van der Waals surface area contributed by atoms with Gasteiger partial charge >= 0.3 is 0 Å². The van der Waals surface area contributed by atoms with Crippen molar-refractivity contribution in [2.45, 2.75) is 13.5 Å². The lowest BCUT2D eigenvalue weighted by molar-refractivity contribution is 0.270. The molecule has 18 heavy (non-hydrogen) atoms. The second-order valence-electron chi connectivity index (χ2n) is 3.71. The van der Waals surface area contributed by atoms with Gasteiger partial charge in [0.1, 0.15) is 0 Å². The van der Waals surface area contributed by atoms with E-state index in [9.17, 15) is 22.0 Å². The molecule has 0 aliphatic heterocycles. The summed E-state index contributed by atoms with van der Waals surface area (Å²) in [6.45, 7) is 2.23. The third-order valence-electron chi connectivity index (χ3n) is 2.57. The summed E-state index contributed by atoms with van der Waals surface area (Å²) in [7, 11) is 0. The first-order valence-electron chi connectivity index (χ1n) is 5.36. The van der Waals surface area contributed by atoms with Gasteiger partial charge in [-0.25, -0.2) is 22.0 Å². The Morgan fingerprint density at radius 1 is 0.889 bits per heavy atom. The van der Waals surface area contributed by atoms with Crippen molar-refractivity contribution in [3.63, 3.8) is 0 Å². The summed E-state index contributed by atoms with van der Waals surface area (Å²) in [6.07, 6.45) is 0. The Bertz CT molecular complexity index is 407. The van der Waals surface area contributed by atoms with Crippen LogP contribution in [0.1, 0.15) is 12.5 Å². The predicted octanol–water partition coefficient (Wildman–Crippen LogP) is 2.16. The van der Waals surface area contributed by atoms with Crippen LogP contribution in [-0.2, 0) is 6.54 Å². The van der Waals surface area contributed by atoms with E-state index in [2.05, 4.69) is 0 Å². The highest BCUT2D eigenvalue weighted by Gasteiger charge is 2.26. The molecule has 0 unspecified atom stereocenters. The largest absolute Gasteiger partial charge is 0.329 e. The number of likely N-dealkylation sites (N-methyl/N-ethyl adjacent to an activating group) is 1. The van der Waals surface area contributed by atoms with Crippen LogP contribution in [0.2, 0.25) is 0 Å². The number of benzene rings is 1. The minimum absolute atomic E-state index is 0.225. The molecule has 0 bridgehead atoms. The van der Waals surface area contributed by atoms with E-state index >= 15 is 0 Å². The summed E-state index contributed by atoms with van der Waals surface area (Å²) < 4.78 is 65.4. The molecule has 0 atom stereocenters. The van der Waals surface area contributed by atoms with E-state index in [0.29, 0.717) is 13.1 Å². The number of nitrogens with two attached hydrogens (primary N) is 1. The Hall–Kier alpha value is -1.21. The van der Waals surface area contributed by atoms with Gasteiger partial charge in [-0.15, -0.1) is 0 Å². The summed E-state index contributed by atoms with van der Waals surface area (Å²) in [6, 6.07) is 0. The first-order valence-corrected chi connectivity index (χ1v) is 5.36. The second-order valence-corrected chi connectivity index (χ2v) is 3.71. The highest BCUT2D eigenvalue weighted by molar-refractivity contribution is 5.24. The average Bonchev–Trinajstić information content (AvgIpc) is 2.37. The van der Waals surface area contributed by atoms with Crippen molar-refractivity contribution < 1.29 is 22.0 Å². The topological polar surface area (TPSA) is 29.3 Å². The van der Waals surface area contributed by atoms with Crippen LogP contribution in [0.4, 0.5) is 22.0 Å². The quantitative estimate of drug-likeness (QED) is 0.504. The van der Waals surface area contributed by atoms with E-state index in [1.165, 1.54) is 4.90 Å². The van der Waals surface area contributed by atoms with Gasteiger partial charge in [0.2, 0.25) is 5.82 Å². The standard InChI is InChI=1S/C11H13F5N2/c1-2-18(4-3-17)5-6-7(12)9(14)11(16)10(15)8(6)13/h2-5,17H2,1H3. The number of hydrogen-bond acceptors (Lipinski definition) is 2. The maximum absolute atomic E-state index is 13.4. The Labute approximate surface area is 101 Å². The molecule has 1 aromatic rings. The van der Waals surface area contributed by atoms with Crippen molar-refractivity contribution in [3.05, 3.63) is 34.6 Å². The second kappa shape index (κ2) is 6.10. The molecule has 0 aliphatic carbocycles. The van der Waals surface area contributed by atoms with Crippen LogP contribution in [0.15, 0.2) is 0 Å². The molecule has 0 saturated heterocycles. The van der Waals surface area contributed by atoms with Gasteiger partial charge in [-0.1, -0.05) is 6.92 Å². The van der Waals surface area contributed by atoms with Crippen molar-refractivity contribution in [3.8, 4) is 0 Å². The summed E-state index contributed by atoms with van der Waals surface area (Å²) in [4.78, 5) is 1.48. The van der Waals surface area contributed by atoms with Crippen LogP contribution in [0, 0.1) is 29.1 Å². The minimum Gasteiger partial charge on any atom is -0.329 e. The molecule has 0 aliphatic rings. The SMILES string of the molecule is CCN(CCN)Cc1c(F)c(F)c(F)c(F)c1F. The lowest BCUT2D eigenvalue weighted by atomic mass is 10.1. The van der Waals surface area contributed by atoms with Crippen LogP contribution < -0.4 is 5.73 Å². The normalized spacial score (nSPS) is 11.3. The Morgan fingerprint density at radius 3 is 1.72 bits per heavy atom. The van der Waals surface area contributed by atoms with E-state index in [-0.39, 0.29) is 13.1 Å². The van der Waals surface area contributed by atoms with Crippen LogP contribution in [0.3, 0.4) is 0 Å². The molecular formula is C11H13F5N2. The fourth-order valence-electron chi connectivity index (χ4n) is 1.54. The Morgan fingerprint density at radius 2 is 1.33 bits per heavy atom. The zero-order valence-electron chi connectivity index (χ0n) is 9.74. The van der Waals surface area contributed by atoms with Crippen LogP contribution in [-0.4, -0.2) is 24.5 Å². The van der Waals surface area contributed by atoms with Crippen molar-refractivity contribution in [2.75, 3.05) is 19.6 Å². The molecule has 7 heteroatoms. The third kappa shape index (κ3) is 2.78. The zero-order valence-corrected chi connectivity index (χ0v) is 9.74. The van der Waals surface area contributed by atoms with E-state index in [1.807, 2.05) is 0 Å². The van der Waals surface area contributed by atoms with Crippen molar-refractivity contribution in [2.24, 2.45) is 5.73 Å². The predicted molar refractivity (Wildman–Crippen MR) is 56.2 cm³/mol. The molecule has 0 heterocycles. The average molecular weight is 268 g/mol. The van der Waals surface area contributed by atoms with Gasteiger partial charge < -0.3 is 5.73 Å². The van der Waals surface area contributed by atoms with Crippen LogP contribution >= 0.6 is 0 Å². The van der Waals surface area contributed by atoms with E-state index < -0.39 is 34.6 Å².